The molecule has 0 aromatic heterocycles. The molecule has 0 aromatic rings. The van der Waals surface area contributed by atoms with Gasteiger partial charge >= 0.3 is 12.1 Å². The molecular formula is C21H35N3O7. The highest BCUT2D eigenvalue weighted by atomic mass is 16.6. The minimum atomic E-state index is -1.55. The average molecular weight is 442 g/mol. The van der Waals surface area contributed by atoms with E-state index in [1.165, 1.54) is 18.7 Å². The minimum absolute atomic E-state index is 0.223. The lowest BCUT2D eigenvalue weighted by Crippen LogP contribution is -2.64. The predicted octanol–water partition coefficient (Wildman–Crippen LogP) is 0.807. The number of aliphatic hydroxyl groups excluding tert-OH is 1. The Morgan fingerprint density at radius 2 is 1.71 bits per heavy atom. The van der Waals surface area contributed by atoms with Crippen molar-refractivity contribution in [1.82, 2.24) is 15.1 Å². The summed E-state index contributed by atoms with van der Waals surface area (Å²) < 4.78 is 10.6. The van der Waals surface area contributed by atoms with Gasteiger partial charge in [0.15, 0.2) is 0 Å². The van der Waals surface area contributed by atoms with E-state index in [0.717, 1.165) is 12.8 Å². The summed E-state index contributed by atoms with van der Waals surface area (Å²) in [5, 5.41) is 12.8. The van der Waals surface area contributed by atoms with Gasteiger partial charge in [-0.15, -0.1) is 0 Å². The van der Waals surface area contributed by atoms with Crippen LogP contribution in [0.25, 0.3) is 0 Å². The van der Waals surface area contributed by atoms with Gasteiger partial charge in [-0.1, -0.05) is 0 Å². The van der Waals surface area contributed by atoms with E-state index in [0.29, 0.717) is 19.5 Å². The normalized spacial score (nSPS) is 23.3. The van der Waals surface area contributed by atoms with Gasteiger partial charge in [0.05, 0.1) is 6.61 Å². The molecule has 2 N–H and O–H groups in total. The molecule has 0 aliphatic carbocycles. The molecule has 0 saturated carbocycles. The zero-order chi connectivity index (χ0) is 23.4. The summed E-state index contributed by atoms with van der Waals surface area (Å²) in [5.74, 6) is -1.60. The van der Waals surface area contributed by atoms with E-state index in [-0.39, 0.29) is 18.9 Å². The van der Waals surface area contributed by atoms with Crippen LogP contribution < -0.4 is 5.32 Å². The maximum atomic E-state index is 13.4. The average Bonchev–Trinajstić information content (AvgIpc) is 3.33. The number of amides is 3. The number of esters is 1. The van der Waals surface area contributed by atoms with Gasteiger partial charge < -0.3 is 24.8 Å². The van der Waals surface area contributed by atoms with E-state index in [9.17, 15) is 24.3 Å². The van der Waals surface area contributed by atoms with Gasteiger partial charge in [0, 0.05) is 26.6 Å². The van der Waals surface area contributed by atoms with Crippen LogP contribution in [0.2, 0.25) is 0 Å². The number of nitrogens with zero attached hydrogens (tertiary/aromatic N) is 2. The molecule has 2 rings (SSSR count). The lowest BCUT2D eigenvalue weighted by Gasteiger charge is -2.38. The highest BCUT2D eigenvalue weighted by Gasteiger charge is 2.52. The molecular weight excluding hydrogens is 406 g/mol. The van der Waals surface area contributed by atoms with Crippen molar-refractivity contribution in [2.45, 2.75) is 83.6 Å². The molecule has 10 heteroatoms. The molecule has 0 aromatic carbocycles. The Labute approximate surface area is 183 Å². The summed E-state index contributed by atoms with van der Waals surface area (Å²) in [5.41, 5.74) is -2.32. The number of aliphatic hydroxyl groups is 1. The van der Waals surface area contributed by atoms with Crippen molar-refractivity contribution in [3.05, 3.63) is 0 Å². The second kappa shape index (κ2) is 9.84. The van der Waals surface area contributed by atoms with Gasteiger partial charge in [0.1, 0.15) is 23.3 Å². The van der Waals surface area contributed by atoms with E-state index in [1.807, 2.05) is 0 Å². The summed E-state index contributed by atoms with van der Waals surface area (Å²) >= 11 is 0. The monoisotopic (exact) mass is 441 g/mol. The number of hydrogen-bond acceptors (Lipinski definition) is 7. The van der Waals surface area contributed by atoms with Crippen molar-refractivity contribution < 1.29 is 33.8 Å². The number of rotatable bonds is 6. The molecule has 0 radical (unpaired) electrons. The summed E-state index contributed by atoms with van der Waals surface area (Å²) in [6.45, 7) is 8.66. The molecule has 31 heavy (non-hydrogen) atoms. The van der Waals surface area contributed by atoms with Gasteiger partial charge in [-0.3, -0.25) is 19.3 Å². The fourth-order valence-corrected chi connectivity index (χ4v) is 4.05. The maximum Gasteiger partial charge on any atom is 0.411 e. The second-order valence-corrected chi connectivity index (χ2v) is 9.22. The van der Waals surface area contributed by atoms with Crippen LogP contribution in [0.1, 0.15) is 60.3 Å². The quantitative estimate of drug-likeness (QED) is 0.584. The highest BCUT2D eigenvalue weighted by molar-refractivity contribution is 5.95. The molecule has 176 valence electrons. The van der Waals surface area contributed by atoms with Gasteiger partial charge in [-0.05, 0) is 53.4 Å². The SMILES string of the molecule is CC(=O)OC(C)C(NC(=O)C1(CO)CCCN1C(=O)OC(C)(C)C)C(=O)N1CCCC1. The first-order chi connectivity index (χ1) is 14.4. The first-order valence-corrected chi connectivity index (χ1v) is 10.8. The van der Waals surface area contributed by atoms with Crippen LogP contribution >= 0.6 is 0 Å². The third-order valence-corrected chi connectivity index (χ3v) is 5.58. The molecule has 3 amide bonds. The molecule has 2 heterocycles. The number of hydrogen-bond donors (Lipinski definition) is 2. The van der Waals surface area contributed by atoms with Crippen LogP contribution in [0.3, 0.4) is 0 Å². The lowest BCUT2D eigenvalue weighted by atomic mass is 9.95. The third kappa shape index (κ3) is 5.87. The molecule has 0 spiro atoms. The molecule has 2 saturated heterocycles. The molecule has 0 bridgehead atoms. The zero-order valence-corrected chi connectivity index (χ0v) is 19.1. The number of ether oxygens (including phenoxy) is 2. The standard InChI is InChI=1S/C21H35N3O7/c1-14(30-15(2)26)16(17(27)23-10-6-7-11-23)22-18(28)21(13-25)9-8-12-24(21)19(29)31-20(3,4)5/h14,16,25H,6-13H2,1-5H3,(H,22,28). The highest BCUT2D eigenvalue weighted by Crippen LogP contribution is 2.31. The van der Waals surface area contributed by atoms with Crippen molar-refractivity contribution in [3.63, 3.8) is 0 Å². The van der Waals surface area contributed by atoms with Crippen molar-refractivity contribution in [3.8, 4) is 0 Å². The molecule has 2 aliphatic rings. The Morgan fingerprint density at radius 1 is 1.10 bits per heavy atom. The molecule has 3 atom stereocenters. The number of nitrogens with one attached hydrogen (secondary N) is 1. The van der Waals surface area contributed by atoms with E-state index < -0.39 is 47.9 Å². The first kappa shape index (κ1) is 24.9. The zero-order valence-electron chi connectivity index (χ0n) is 19.1. The van der Waals surface area contributed by atoms with E-state index in [4.69, 9.17) is 9.47 Å². The number of likely N-dealkylation sites (tertiary alicyclic amines) is 2. The van der Waals surface area contributed by atoms with Crippen LogP contribution in [0.5, 0.6) is 0 Å². The maximum absolute atomic E-state index is 13.4. The van der Waals surface area contributed by atoms with Gasteiger partial charge in [0.2, 0.25) is 11.8 Å². The topological polar surface area (TPSA) is 125 Å². The van der Waals surface area contributed by atoms with E-state index in [2.05, 4.69) is 5.32 Å². The largest absolute Gasteiger partial charge is 0.460 e. The van der Waals surface area contributed by atoms with Gasteiger partial charge in [0.25, 0.3) is 0 Å². The molecule has 10 nitrogen and oxygen atoms in total. The van der Waals surface area contributed by atoms with Crippen LogP contribution in [0, 0.1) is 0 Å². The Bertz CT molecular complexity index is 700. The van der Waals surface area contributed by atoms with Crippen LogP contribution in [-0.2, 0) is 23.9 Å². The predicted molar refractivity (Wildman–Crippen MR) is 111 cm³/mol. The summed E-state index contributed by atoms with van der Waals surface area (Å²) in [6.07, 6.45) is 0.827. The van der Waals surface area contributed by atoms with Crippen molar-refractivity contribution >= 4 is 23.9 Å². The first-order valence-electron chi connectivity index (χ1n) is 10.8. The second-order valence-electron chi connectivity index (χ2n) is 9.22. The van der Waals surface area contributed by atoms with E-state index >= 15 is 0 Å². The molecule has 2 fully saturated rings. The summed E-state index contributed by atoms with van der Waals surface area (Å²) in [6, 6.07) is -1.13. The van der Waals surface area contributed by atoms with Crippen molar-refractivity contribution in [1.29, 1.82) is 0 Å². The number of carbonyl (C=O) groups excluding carboxylic acids is 4. The van der Waals surface area contributed by atoms with Gasteiger partial charge in [-0.25, -0.2) is 4.79 Å². The fraction of sp³-hybridized carbons (Fsp3) is 0.810. The Morgan fingerprint density at radius 3 is 2.23 bits per heavy atom. The fourth-order valence-electron chi connectivity index (χ4n) is 4.05. The van der Waals surface area contributed by atoms with Crippen LogP contribution in [0.15, 0.2) is 0 Å². The molecule has 2 aliphatic heterocycles. The summed E-state index contributed by atoms with van der Waals surface area (Å²) in [7, 11) is 0. The van der Waals surface area contributed by atoms with Crippen LogP contribution in [-0.4, -0.2) is 88.3 Å². The van der Waals surface area contributed by atoms with Crippen LogP contribution in [0.4, 0.5) is 4.79 Å². The number of carbonyl (C=O) groups is 4. The van der Waals surface area contributed by atoms with E-state index in [1.54, 1.807) is 25.7 Å². The Hall–Kier alpha value is -2.36. The minimum Gasteiger partial charge on any atom is -0.460 e. The Balaban J connectivity index is 2.26. The summed E-state index contributed by atoms with van der Waals surface area (Å²) in [4.78, 5) is 53.5. The lowest BCUT2D eigenvalue weighted by molar-refractivity contribution is -0.153. The van der Waals surface area contributed by atoms with Crippen molar-refractivity contribution in [2.24, 2.45) is 0 Å². The molecule has 3 unspecified atom stereocenters. The van der Waals surface area contributed by atoms with Crippen molar-refractivity contribution in [2.75, 3.05) is 26.2 Å². The Kier molecular flexibility index (Phi) is 7.91. The third-order valence-electron chi connectivity index (χ3n) is 5.58. The smallest absolute Gasteiger partial charge is 0.411 e. The van der Waals surface area contributed by atoms with Gasteiger partial charge in [-0.2, -0.15) is 0 Å².